The molecular weight excluding hydrogens is 292 g/mol. The highest BCUT2D eigenvalue weighted by Crippen LogP contribution is 2.29. The second-order valence-electron chi connectivity index (χ2n) is 5.65. The summed E-state index contributed by atoms with van der Waals surface area (Å²) in [6.07, 6.45) is 9.11. The zero-order valence-electron chi connectivity index (χ0n) is 12.9. The molecule has 4 rings (SSSR count). The molecule has 23 heavy (non-hydrogen) atoms. The van der Waals surface area contributed by atoms with Gasteiger partial charge in [0.2, 0.25) is 5.88 Å². The van der Waals surface area contributed by atoms with Gasteiger partial charge in [-0.2, -0.15) is 9.61 Å². The van der Waals surface area contributed by atoms with Gasteiger partial charge in [0.15, 0.2) is 5.65 Å². The molecule has 1 N–H and O–H groups in total. The second-order valence-corrected chi connectivity index (χ2v) is 5.65. The van der Waals surface area contributed by atoms with E-state index in [-0.39, 0.29) is 0 Å². The highest BCUT2D eigenvalue weighted by molar-refractivity contribution is 5.74. The summed E-state index contributed by atoms with van der Waals surface area (Å²) in [4.78, 5) is 13.4. The number of piperidine rings is 1. The maximum Gasteiger partial charge on any atom is 0.217 e. The molecule has 0 aromatic carbocycles. The first-order chi connectivity index (χ1) is 11.4. The Morgan fingerprint density at radius 3 is 3.00 bits per heavy atom. The van der Waals surface area contributed by atoms with Crippen LogP contribution in [0.3, 0.4) is 0 Å². The summed E-state index contributed by atoms with van der Waals surface area (Å²) in [5.41, 5.74) is 3.41. The number of nitrogens with one attached hydrogen (secondary N) is 1. The topological polar surface area (TPSA) is 77.2 Å². The Morgan fingerprint density at radius 2 is 2.26 bits per heavy atom. The van der Waals surface area contributed by atoms with Crippen LogP contribution in [0.15, 0.2) is 30.9 Å². The fourth-order valence-electron chi connectivity index (χ4n) is 3.03. The van der Waals surface area contributed by atoms with Crippen molar-refractivity contribution in [2.45, 2.75) is 18.8 Å². The summed E-state index contributed by atoms with van der Waals surface area (Å²) >= 11 is 0. The first-order valence-electron chi connectivity index (χ1n) is 7.76. The Balaban J connectivity index is 1.86. The monoisotopic (exact) mass is 310 g/mol. The standard InChI is InChI=1S/C16H18N6O/c1-23-15-7-13(11-3-2-4-17-8-11)21-16-12(9-20-22(15)16)14-10-18-5-6-19-14/h5-7,9-11,17H,2-4,8H2,1H3. The predicted molar refractivity (Wildman–Crippen MR) is 85.4 cm³/mol. The molecule has 7 heteroatoms. The largest absolute Gasteiger partial charge is 0.481 e. The van der Waals surface area contributed by atoms with Gasteiger partial charge in [0.1, 0.15) is 0 Å². The van der Waals surface area contributed by atoms with Crippen molar-refractivity contribution in [1.82, 2.24) is 29.9 Å². The average Bonchev–Trinajstić information content (AvgIpc) is 3.06. The van der Waals surface area contributed by atoms with E-state index in [2.05, 4.69) is 20.4 Å². The second kappa shape index (κ2) is 5.92. The van der Waals surface area contributed by atoms with Gasteiger partial charge in [0.25, 0.3) is 0 Å². The smallest absolute Gasteiger partial charge is 0.217 e. The molecule has 0 saturated carbocycles. The van der Waals surface area contributed by atoms with E-state index < -0.39 is 0 Å². The van der Waals surface area contributed by atoms with E-state index in [0.717, 1.165) is 48.5 Å². The Hall–Kier alpha value is -2.54. The van der Waals surface area contributed by atoms with E-state index in [1.165, 1.54) is 0 Å². The van der Waals surface area contributed by atoms with Crippen LogP contribution in [0.1, 0.15) is 24.5 Å². The van der Waals surface area contributed by atoms with Gasteiger partial charge in [-0.15, -0.1) is 0 Å². The average molecular weight is 310 g/mol. The van der Waals surface area contributed by atoms with Crippen LogP contribution < -0.4 is 10.1 Å². The maximum absolute atomic E-state index is 5.51. The Morgan fingerprint density at radius 1 is 1.30 bits per heavy atom. The fraction of sp³-hybridized carbons (Fsp3) is 0.375. The number of hydrogen-bond donors (Lipinski definition) is 1. The van der Waals surface area contributed by atoms with E-state index in [4.69, 9.17) is 9.72 Å². The van der Waals surface area contributed by atoms with Gasteiger partial charge < -0.3 is 10.1 Å². The number of ether oxygens (including phenoxy) is 1. The van der Waals surface area contributed by atoms with Crippen LogP contribution in [0.5, 0.6) is 5.88 Å². The van der Waals surface area contributed by atoms with Crippen molar-refractivity contribution in [2.24, 2.45) is 0 Å². The summed E-state index contributed by atoms with van der Waals surface area (Å²) < 4.78 is 7.22. The van der Waals surface area contributed by atoms with Crippen LogP contribution in [0.4, 0.5) is 0 Å². The van der Waals surface area contributed by atoms with Gasteiger partial charge in [-0.1, -0.05) is 0 Å². The van der Waals surface area contributed by atoms with Crippen LogP contribution in [0, 0.1) is 0 Å². The van der Waals surface area contributed by atoms with Crippen LogP contribution in [0.25, 0.3) is 16.9 Å². The molecule has 1 atom stereocenters. The van der Waals surface area contributed by atoms with Gasteiger partial charge in [-0.3, -0.25) is 9.97 Å². The molecule has 1 aliphatic rings. The van der Waals surface area contributed by atoms with Gasteiger partial charge >= 0.3 is 0 Å². The predicted octanol–water partition coefficient (Wildman–Crippen LogP) is 1.66. The lowest BCUT2D eigenvalue weighted by Crippen LogP contribution is -2.29. The summed E-state index contributed by atoms with van der Waals surface area (Å²) in [5, 5.41) is 7.83. The zero-order chi connectivity index (χ0) is 15.6. The van der Waals surface area contributed by atoms with Crippen molar-refractivity contribution in [3.05, 3.63) is 36.5 Å². The fourth-order valence-corrected chi connectivity index (χ4v) is 3.03. The van der Waals surface area contributed by atoms with Crippen LogP contribution in [-0.4, -0.2) is 44.8 Å². The molecule has 1 saturated heterocycles. The third-order valence-corrected chi connectivity index (χ3v) is 4.22. The molecule has 0 radical (unpaired) electrons. The molecule has 0 spiro atoms. The minimum atomic E-state index is 0.396. The molecule has 7 nitrogen and oxygen atoms in total. The molecule has 0 bridgehead atoms. The number of hydrogen-bond acceptors (Lipinski definition) is 6. The molecule has 3 aromatic heterocycles. The number of fused-ring (bicyclic) bond motifs is 1. The SMILES string of the molecule is COc1cc(C2CCCNC2)nc2c(-c3cnccn3)cnn12. The molecule has 4 heterocycles. The lowest BCUT2D eigenvalue weighted by molar-refractivity contribution is 0.381. The maximum atomic E-state index is 5.51. The minimum absolute atomic E-state index is 0.396. The van der Waals surface area contributed by atoms with E-state index in [9.17, 15) is 0 Å². The van der Waals surface area contributed by atoms with Crippen LogP contribution in [0.2, 0.25) is 0 Å². The summed E-state index contributed by atoms with van der Waals surface area (Å²) in [6, 6.07) is 1.98. The van der Waals surface area contributed by atoms with E-state index in [1.807, 2.05) is 6.07 Å². The molecule has 1 aliphatic heterocycles. The van der Waals surface area contributed by atoms with Gasteiger partial charge in [-0.25, -0.2) is 4.98 Å². The van der Waals surface area contributed by atoms with E-state index in [1.54, 1.807) is 36.4 Å². The van der Waals surface area contributed by atoms with E-state index in [0.29, 0.717) is 11.8 Å². The van der Waals surface area contributed by atoms with Gasteiger partial charge in [0, 0.05) is 30.9 Å². The normalized spacial score (nSPS) is 18.2. The van der Waals surface area contributed by atoms with Crippen molar-refractivity contribution in [3.8, 4) is 17.1 Å². The molecule has 0 amide bonds. The Bertz CT molecular complexity index is 810. The van der Waals surface area contributed by atoms with Gasteiger partial charge in [0.05, 0.1) is 36.5 Å². The van der Waals surface area contributed by atoms with Crippen molar-refractivity contribution in [2.75, 3.05) is 20.2 Å². The molecule has 0 aliphatic carbocycles. The first kappa shape index (κ1) is 14.1. The zero-order valence-corrected chi connectivity index (χ0v) is 12.9. The third kappa shape index (κ3) is 2.53. The highest BCUT2D eigenvalue weighted by Gasteiger charge is 2.21. The van der Waals surface area contributed by atoms with Crippen LogP contribution >= 0.6 is 0 Å². The number of nitrogens with zero attached hydrogens (tertiary/aromatic N) is 5. The van der Waals surface area contributed by atoms with Crippen LogP contribution in [-0.2, 0) is 0 Å². The van der Waals surface area contributed by atoms with E-state index >= 15 is 0 Å². The first-order valence-corrected chi connectivity index (χ1v) is 7.76. The van der Waals surface area contributed by atoms with Crippen molar-refractivity contribution >= 4 is 5.65 Å². The third-order valence-electron chi connectivity index (χ3n) is 4.22. The molecule has 3 aromatic rings. The lowest BCUT2D eigenvalue weighted by Gasteiger charge is -2.22. The molecule has 1 fully saturated rings. The summed E-state index contributed by atoms with van der Waals surface area (Å²) in [5.74, 6) is 1.08. The summed E-state index contributed by atoms with van der Waals surface area (Å²) in [7, 11) is 1.65. The quantitative estimate of drug-likeness (QED) is 0.793. The van der Waals surface area contributed by atoms with Crippen molar-refractivity contribution in [3.63, 3.8) is 0 Å². The van der Waals surface area contributed by atoms with Gasteiger partial charge in [-0.05, 0) is 19.4 Å². The lowest BCUT2D eigenvalue weighted by atomic mass is 9.96. The molecule has 1 unspecified atom stereocenters. The van der Waals surface area contributed by atoms with Crippen molar-refractivity contribution in [1.29, 1.82) is 0 Å². The summed E-state index contributed by atoms with van der Waals surface area (Å²) in [6.45, 7) is 2.02. The molecule has 118 valence electrons. The highest BCUT2D eigenvalue weighted by atomic mass is 16.5. The Labute approximate surface area is 133 Å². The number of rotatable bonds is 3. The number of methoxy groups -OCH3 is 1. The van der Waals surface area contributed by atoms with Crippen molar-refractivity contribution < 1.29 is 4.74 Å². The number of aromatic nitrogens is 5. The minimum Gasteiger partial charge on any atom is -0.481 e. The molecular formula is C16H18N6O. The Kier molecular flexibility index (Phi) is 3.63.